The largest absolute Gasteiger partial charge is 0.314 e. The van der Waals surface area contributed by atoms with Crippen molar-refractivity contribution in [3.05, 3.63) is 30.1 Å². The van der Waals surface area contributed by atoms with Gasteiger partial charge >= 0.3 is 0 Å². The second-order valence-corrected chi connectivity index (χ2v) is 7.91. The van der Waals surface area contributed by atoms with Crippen LogP contribution < -0.4 is 5.32 Å². The number of fused-ring (bicyclic) bond motifs is 2. The molecular weight excluding hydrogens is 351 g/mol. The molecular formula is C18H19FN6S. The van der Waals surface area contributed by atoms with E-state index in [1.807, 2.05) is 24.1 Å². The summed E-state index contributed by atoms with van der Waals surface area (Å²) in [6, 6.07) is 4.03. The number of aromatic nitrogens is 5. The first-order chi connectivity index (χ1) is 12.6. The molecule has 6 nitrogen and oxygen atoms in total. The Hall–Kier alpha value is -2.32. The number of hydrogen-bond donors (Lipinski definition) is 1. The highest BCUT2D eigenvalue weighted by Crippen LogP contribution is 2.33. The molecule has 0 radical (unpaired) electrons. The molecule has 1 aliphatic rings. The summed E-state index contributed by atoms with van der Waals surface area (Å²) in [7, 11) is 1.93. The van der Waals surface area contributed by atoms with Crippen LogP contribution in [0.15, 0.2) is 24.5 Å². The van der Waals surface area contributed by atoms with Gasteiger partial charge in [-0.3, -0.25) is 9.36 Å². The van der Waals surface area contributed by atoms with Crippen LogP contribution in [0.2, 0.25) is 0 Å². The summed E-state index contributed by atoms with van der Waals surface area (Å²) in [4.78, 5) is 5.60. The number of nitrogens with zero attached hydrogens (tertiary/aromatic N) is 5. The number of aryl methyl sites for hydroxylation is 2. The lowest BCUT2D eigenvalue weighted by Gasteiger charge is -2.26. The maximum absolute atomic E-state index is 14.2. The Morgan fingerprint density at radius 3 is 2.96 bits per heavy atom. The molecule has 1 aliphatic heterocycles. The van der Waals surface area contributed by atoms with Crippen LogP contribution >= 0.6 is 11.3 Å². The summed E-state index contributed by atoms with van der Waals surface area (Å²) in [5.41, 5.74) is 4.05. The van der Waals surface area contributed by atoms with Gasteiger partial charge in [0.15, 0.2) is 4.83 Å². The van der Waals surface area contributed by atoms with Crippen LogP contribution in [0.5, 0.6) is 0 Å². The lowest BCUT2D eigenvalue weighted by Crippen LogP contribution is -2.39. The van der Waals surface area contributed by atoms with Crippen LogP contribution in [0.3, 0.4) is 0 Å². The number of alkyl halides is 1. The molecule has 26 heavy (non-hydrogen) atoms. The molecule has 5 rings (SSSR count). The van der Waals surface area contributed by atoms with Gasteiger partial charge in [-0.15, -0.1) is 0 Å². The SMILES string of the molecule is Cc1cc(-c2nc3cn([C@@H]4CCNC[C@@H]4F)nc3s2)cc2cn(C)nc12. The van der Waals surface area contributed by atoms with E-state index in [4.69, 9.17) is 4.98 Å². The number of nitrogens with one attached hydrogen (secondary N) is 1. The first kappa shape index (κ1) is 15.9. The number of halogens is 1. The molecule has 134 valence electrons. The van der Waals surface area contributed by atoms with Gasteiger partial charge < -0.3 is 5.32 Å². The van der Waals surface area contributed by atoms with Crippen molar-refractivity contribution in [3.8, 4) is 10.6 Å². The van der Waals surface area contributed by atoms with E-state index in [2.05, 4.69) is 34.6 Å². The fraction of sp³-hybridized carbons (Fsp3) is 0.389. The van der Waals surface area contributed by atoms with E-state index >= 15 is 0 Å². The van der Waals surface area contributed by atoms with Gasteiger partial charge in [0.1, 0.15) is 16.7 Å². The molecule has 1 saturated heterocycles. The fourth-order valence-corrected chi connectivity index (χ4v) is 4.59. The van der Waals surface area contributed by atoms with Crippen LogP contribution in [0.1, 0.15) is 18.0 Å². The van der Waals surface area contributed by atoms with Crippen molar-refractivity contribution in [2.75, 3.05) is 13.1 Å². The Bertz CT molecular complexity index is 1080. The van der Waals surface area contributed by atoms with Crippen molar-refractivity contribution in [1.29, 1.82) is 0 Å². The molecule has 1 fully saturated rings. The van der Waals surface area contributed by atoms with E-state index in [-0.39, 0.29) is 6.04 Å². The smallest absolute Gasteiger partial charge is 0.166 e. The quantitative estimate of drug-likeness (QED) is 0.589. The van der Waals surface area contributed by atoms with Crippen molar-refractivity contribution in [2.24, 2.45) is 7.05 Å². The van der Waals surface area contributed by atoms with E-state index in [1.165, 1.54) is 0 Å². The van der Waals surface area contributed by atoms with Crippen LogP contribution in [-0.4, -0.2) is 43.8 Å². The minimum Gasteiger partial charge on any atom is -0.314 e. The van der Waals surface area contributed by atoms with E-state index in [0.29, 0.717) is 6.54 Å². The number of hydrogen-bond acceptors (Lipinski definition) is 5. The van der Waals surface area contributed by atoms with Crippen LogP contribution in [0.25, 0.3) is 31.8 Å². The number of thiazole rings is 1. The second-order valence-electron chi connectivity index (χ2n) is 6.93. The molecule has 1 aromatic carbocycles. The molecule has 1 N–H and O–H groups in total. The molecule has 8 heteroatoms. The molecule has 0 amide bonds. The van der Waals surface area contributed by atoms with Crippen molar-refractivity contribution in [3.63, 3.8) is 0 Å². The van der Waals surface area contributed by atoms with Gasteiger partial charge in [0.25, 0.3) is 0 Å². The zero-order valence-electron chi connectivity index (χ0n) is 14.6. The van der Waals surface area contributed by atoms with Gasteiger partial charge in [0, 0.05) is 30.7 Å². The standard InChI is InChI=1S/C18H19FN6S/c1-10-5-11(6-12-8-24(2)22-16(10)12)17-21-14-9-25(23-18(14)26-17)15-3-4-20-7-13(15)19/h5-6,8-9,13,15,20H,3-4,7H2,1-2H3/t13-,15+/m0/s1. The number of rotatable bonds is 2. The van der Waals surface area contributed by atoms with Gasteiger partial charge in [-0.05, 0) is 37.6 Å². The monoisotopic (exact) mass is 370 g/mol. The molecule has 4 heterocycles. The molecule has 0 bridgehead atoms. The Kier molecular flexibility index (Phi) is 3.58. The van der Waals surface area contributed by atoms with Crippen LogP contribution in [-0.2, 0) is 7.05 Å². The number of benzene rings is 1. The van der Waals surface area contributed by atoms with E-state index < -0.39 is 6.17 Å². The molecule has 0 spiro atoms. The maximum Gasteiger partial charge on any atom is 0.166 e. The second kappa shape index (κ2) is 5.85. The molecule has 0 aliphatic carbocycles. The van der Waals surface area contributed by atoms with Gasteiger partial charge in [-0.1, -0.05) is 11.3 Å². The van der Waals surface area contributed by atoms with Gasteiger partial charge in [0.2, 0.25) is 0 Å². The average Bonchev–Trinajstić information content (AvgIpc) is 3.27. The Morgan fingerprint density at radius 2 is 2.15 bits per heavy atom. The molecule has 0 unspecified atom stereocenters. The van der Waals surface area contributed by atoms with Gasteiger partial charge in [-0.2, -0.15) is 10.2 Å². The predicted molar refractivity (Wildman–Crippen MR) is 101 cm³/mol. The zero-order chi connectivity index (χ0) is 17.8. The Morgan fingerprint density at radius 1 is 1.27 bits per heavy atom. The van der Waals surface area contributed by atoms with Crippen molar-refractivity contribution in [2.45, 2.75) is 25.6 Å². The van der Waals surface area contributed by atoms with Gasteiger partial charge in [0.05, 0.1) is 17.8 Å². The third-order valence-electron chi connectivity index (χ3n) is 4.97. The zero-order valence-corrected chi connectivity index (χ0v) is 15.4. The summed E-state index contributed by atoms with van der Waals surface area (Å²) >= 11 is 1.55. The van der Waals surface area contributed by atoms with Crippen molar-refractivity contribution >= 4 is 32.6 Å². The van der Waals surface area contributed by atoms with Crippen molar-refractivity contribution in [1.82, 2.24) is 29.9 Å². The van der Waals surface area contributed by atoms with E-state index in [9.17, 15) is 4.39 Å². The summed E-state index contributed by atoms with van der Waals surface area (Å²) in [6.07, 6.45) is 3.74. The normalized spacial score (nSPS) is 21.0. The summed E-state index contributed by atoms with van der Waals surface area (Å²) < 4.78 is 17.8. The first-order valence-electron chi connectivity index (χ1n) is 8.73. The minimum atomic E-state index is -0.909. The highest BCUT2D eigenvalue weighted by molar-refractivity contribution is 7.21. The molecule has 4 aromatic rings. The van der Waals surface area contributed by atoms with Crippen LogP contribution in [0.4, 0.5) is 4.39 Å². The lowest BCUT2D eigenvalue weighted by molar-refractivity contribution is 0.174. The molecule has 3 aromatic heterocycles. The fourth-order valence-electron chi connectivity index (χ4n) is 3.69. The summed E-state index contributed by atoms with van der Waals surface area (Å²) in [6.45, 7) is 3.28. The third-order valence-corrected chi connectivity index (χ3v) is 5.97. The minimum absolute atomic E-state index is 0.199. The lowest BCUT2D eigenvalue weighted by atomic mass is 10.1. The summed E-state index contributed by atoms with van der Waals surface area (Å²) in [5, 5.41) is 14.2. The maximum atomic E-state index is 14.2. The third kappa shape index (κ3) is 2.52. The predicted octanol–water partition coefficient (Wildman–Crippen LogP) is 3.23. The van der Waals surface area contributed by atoms with E-state index in [0.717, 1.165) is 50.4 Å². The molecule has 2 atom stereocenters. The van der Waals surface area contributed by atoms with Gasteiger partial charge in [-0.25, -0.2) is 9.37 Å². The first-order valence-corrected chi connectivity index (χ1v) is 9.55. The number of piperidine rings is 1. The highest BCUT2D eigenvalue weighted by atomic mass is 32.1. The van der Waals surface area contributed by atoms with Crippen LogP contribution in [0, 0.1) is 6.92 Å². The topological polar surface area (TPSA) is 60.6 Å². The van der Waals surface area contributed by atoms with Crippen molar-refractivity contribution < 1.29 is 4.39 Å². The summed E-state index contributed by atoms with van der Waals surface area (Å²) in [5.74, 6) is 0. The Labute approximate surface area is 153 Å². The highest BCUT2D eigenvalue weighted by Gasteiger charge is 2.27. The Balaban J connectivity index is 1.53. The molecule has 0 saturated carbocycles. The average molecular weight is 370 g/mol. The van der Waals surface area contributed by atoms with E-state index in [1.54, 1.807) is 16.0 Å².